The van der Waals surface area contributed by atoms with E-state index in [0.717, 1.165) is 5.56 Å². The predicted molar refractivity (Wildman–Crippen MR) is 85.5 cm³/mol. The van der Waals surface area contributed by atoms with Gasteiger partial charge in [0.25, 0.3) is 0 Å². The van der Waals surface area contributed by atoms with Crippen LogP contribution < -0.4 is 5.32 Å². The maximum absolute atomic E-state index is 12.0. The lowest BCUT2D eigenvalue weighted by Crippen LogP contribution is -2.45. The Hall–Kier alpha value is -1.46. The number of benzene rings is 1. The van der Waals surface area contributed by atoms with Crippen LogP contribution in [0.15, 0.2) is 18.2 Å². The van der Waals surface area contributed by atoms with Gasteiger partial charge in [0.1, 0.15) is 0 Å². The van der Waals surface area contributed by atoms with Gasteiger partial charge in [-0.1, -0.05) is 29.3 Å². The van der Waals surface area contributed by atoms with Crippen molar-refractivity contribution in [2.45, 2.75) is 19.3 Å². The van der Waals surface area contributed by atoms with Crippen LogP contribution in [0.1, 0.15) is 18.4 Å². The zero-order valence-electron chi connectivity index (χ0n) is 12.0. The van der Waals surface area contributed by atoms with Gasteiger partial charge >= 0.3 is 12.0 Å². The molecule has 1 aromatic rings. The summed E-state index contributed by atoms with van der Waals surface area (Å²) in [6, 6.07) is 5.13. The number of carbonyl (C=O) groups is 2. The summed E-state index contributed by atoms with van der Waals surface area (Å²) in [4.78, 5) is 24.6. The highest BCUT2D eigenvalue weighted by atomic mass is 35.5. The van der Waals surface area contributed by atoms with Crippen LogP contribution in [0.4, 0.5) is 4.79 Å². The highest BCUT2D eigenvalue weighted by molar-refractivity contribution is 6.35. The molecule has 2 N–H and O–H groups in total. The van der Waals surface area contributed by atoms with Gasteiger partial charge in [0.05, 0.1) is 5.92 Å². The zero-order chi connectivity index (χ0) is 16.1. The van der Waals surface area contributed by atoms with Crippen LogP contribution in [-0.4, -0.2) is 41.6 Å². The Balaban J connectivity index is 1.78. The number of halogens is 2. The Morgan fingerprint density at radius 2 is 1.82 bits per heavy atom. The lowest BCUT2D eigenvalue weighted by atomic mass is 9.97. The minimum absolute atomic E-state index is 0.174. The van der Waals surface area contributed by atoms with Crippen molar-refractivity contribution in [2.75, 3.05) is 19.6 Å². The summed E-state index contributed by atoms with van der Waals surface area (Å²) >= 11 is 12.2. The minimum atomic E-state index is -0.784. The predicted octanol–water partition coefficient (Wildman–Crippen LogP) is 3.04. The van der Waals surface area contributed by atoms with E-state index in [0.29, 0.717) is 48.9 Å². The quantitative estimate of drug-likeness (QED) is 0.881. The van der Waals surface area contributed by atoms with Crippen molar-refractivity contribution in [3.8, 4) is 0 Å². The molecule has 1 aliphatic rings. The fourth-order valence-corrected chi connectivity index (χ4v) is 3.09. The van der Waals surface area contributed by atoms with Crippen LogP contribution in [0.2, 0.25) is 10.0 Å². The smallest absolute Gasteiger partial charge is 0.317 e. The lowest BCUT2D eigenvalue weighted by Gasteiger charge is -2.30. The summed E-state index contributed by atoms with van der Waals surface area (Å²) in [5, 5.41) is 12.9. The molecule has 0 atom stereocenters. The van der Waals surface area contributed by atoms with Crippen LogP contribution >= 0.6 is 23.2 Å². The van der Waals surface area contributed by atoms with Crippen molar-refractivity contribution in [3.63, 3.8) is 0 Å². The number of hydrogen-bond acceptors (Lipinski definition) is 2. The molecule has 0 saturated carbocycles. The molecule has 0 aromatic heterocycles. The molecule has 1 fully saturated rings. The van der Waals surface area contributed by atoms with Crippen molar-refractivity contribution in [1.82, 2.24) is 10.2 Å². The number of aliphatic carboxylic acids is 1. The molecule has 2 rings (SSSR count). The Kier molecular flexibility index (Phi) is 5.91. The van der Waals surface area contributed by atoms with E-state index < -0.39 is 5.97 Å². The normalized spacial score (nSPS) is 15.6. The van der Waals surface area contributed by atoms with E-state index in [1.165, 1.54) is 0 Å². The van der Waals surface area contributed by atoms with Gasteiger partial charge in [-0.25, -0.2) is 4.79 Å². The molecular weight excluding hydrogens is 327 g/mol. The third-order valence-electron chi connectivity index (χ3n) is 3.84. The number of carbonyl (C=O) groups excluding carboxylic acids is 1. The van der Waals surface area contributed by atoms with Gasteiger partial charge in [0.2, 0.25) is 0 Å². The molecule has 1 aliphatic heterocycles. The van der Waals surface area contributed by atoms with Gasteiger partial charge < -0.3 is 15.3 Å². The summed E-state index contributed by atoms with van der Waals surface area (Å²) in [5.74, 6) is -1.13. The Morgan fingerprint density at radius 3 is 2.36 bits per heavy atom. The zero-order valence-corrected chi connectivity index (χ0v) is 13.5. The Bertz CT molecular complexity index is 537. The minimum Gasteiger partial charge on any atom is -0.481 e. The van der Waals surface area contributed by atoms with Gasteiger partial charge in [-0.3, -0.25) is 4.79 Å². The molecule has 120 valence electrons. The molecule has 0 radical (unpaired) electrons. The van der Waals surface area contributed by atoms with Crippen molar-refractivity contribution < 1.29 is 14.7 Å². The first-order valence-electron chi connectivity index (χ1n) is 7.17. The standard InChI is InChI=1S/C15H18Cl2N2O3/c16-12-2-1-3-13(17)11(12)4-7-18-15(22)19-8-5-10(6-9-19)14(20)21/h1-3,10H,4-9H2,(H,18,22)(H,20,21). The van der Waals surface area contributed by atoms with Crippen molar-refractivity contribution in [3.05, 3.63) is 33.8 Å². The van der Waals surface area contributed by atoms with Gasteiger partial charge in [-0.05, 0) is 37.0 Å². The van der Waals surface area contributed by atoms with Crippen molar-refractivity contribution in [1.29, 1.82) is 0 Å². The van der Waals surface area contributed by atoms with Crippen LogP contribution in [0, 0.1) is 5.92 Å². The number of nitrogens with zero attached hydrogens (tertiary/aromatic N) is 1. The van der Waals surface area contributed by atoms with Gasteiger partial charge in [-0.2, -0.15) is 0 Å². The van der Waals surface area contributed by atoms with E-state index in [1.54, 1.807) is 23.1 Å². The fraction of sp³-hybridized carbons (Fsp3) is 0.467. The fourth-order valence-electron chi connectivity index (χ4n) is 2.51. The van der Waals surface area contributed by atoms with E-state index in [-0.39, 0.29) is 11.9 Å². The maximum Gasteiger partial charge on any atom is 0.317 e. The number of likely N-dealkylation sites (tertiary alicyclic amines) is 1. The highest BCUT2D eigenvalue weighted by Gasteiger charge is 2.26. The van der Waals surface area contributed by atoms with E-state index in [9.17, 15) is 9.59 Å². The molecule has 22 heavy (non-hydrogen) atoms. The molecule has 0 bridgehead atoms. The van der Waals surface area contributed by atoms with E-state index in [4.69, 9.17) is 28.3 Å². The highest BCUT2D eigenvalue weighted by Crippen LogP contribution is 2.24. The molecule has 0 unspecified atom stereocenters. The third kappa shape index (κ3) is 4.27. The van der Waals surface area contributed by atoms with Gasteiger partial charge in [0, 0.05) is 29.7 Å². The van der Waals surface area contributed by atoms with Gasteiger partial charge in [0.15, 0.2) is 0 Å². The third-order valence-corrected chi connectivity index (χ3v) is 4.55. The number of rotatable bonds is 4. The topological polar surface area (TPSA) is 69.6 Å². The monoisotopic (exact) mass is 344 g/mol. The lowest BCUT2D eigenvalue weighted by molar-refractivity contribution is -0.143. The van der Waals surface area contributed by atoms with Crippen LogP contribution in [0.25, 0.3) is 0 Å². The number of nitrogens with one attached hydrogen (secondary N) is 1. The molecule has 0 aliphatic carbocycles. The average molecular weight is 345 g/mol. The molecule has 1 aromatic carbocycles. The van der Waals surface area contributed by atoms with E-state index >= 15 is 0 Å². The second kappa shape index (κ2) is 7.70. The molecule has 5 nitrogen and oxygen atoms in total. The molecular formula is C15H18Cl2N2O3. The average Bonchev–Trinajstić information content (AvgIpc) is 2.50. The molecule has 1 heterocycles. The maximum atomic E-state index is 12.0. The second-order valence-electron chi connectivity index (χ2n) is 5.28. The first-order valence-corrected chi connectivity index (χ1v) is 7.93. The van der Waals surface area contributed by atoms with Crippen molar-refractivity contribution in [2.24, 2.45) is 5.92 Å². The molecule has 7 heteroatoms. The first-order chi connectivity index (χ1) is 10.5. The summed E-state index contributed by atoms with van der Waals surface area (Å²) in [7, 11) is 0. The Morgan fingerprint density at radius 1 is 1.23 bits per heavy atom. The number of amides is 2. The summed E-state index contributed by atoms with van der Waals surface area (Å²) in [6.45, 7) is 1.37. The summed E-state index contributed by atoms with van der Waals surface area (Å²) in [5.41, 5.74) is 0.815. The number of carboxylic acid groups (broad SMARTS) is 1. The number of urea groups is 1. The molecule has 2 amide bonds. The molecule has 0 spiro atoms. The first kappa shape index (κ1) is 16.9. The number of piperidine rings is 1. The van der Waals surface area contributed by atoms with E-state index in [2.05, 4.69) is 5.32 Å². The second-order valence-corrected chi connectivity index (χ2v) is 6.10. The van der Waals surface area contributed by atoms with E-state index in [1.807, 2.05) is 0 Å². The largest absolute Gasteiger partial charge is 0.481 e. The van der Waals surface area contributed by atoms with Crippen molar-refractivity contribution >= 4 is 35.2 Å². The van der Waals surface area contributed by atoms with Crippen LogP contribution in [0.3, 0.4) is 0 Å². The van der Waals surface area contributed by atoms with Gasteiger partial charge in [-0.15, -0.1) is 0 Å². The molecule has 1 saturated heterocycles. The number of hydrogen-bond donors (Lipinski definition) is 2. The SMILES string of the molecule is O=C(O)C1CCN(C(=O)NCCc2c(Cl)cccc2Cl)CC1. The Labute approximate surface area is 139 Å². The van der Waals surface area contributed by atoms with Crippen LogP contribution in [-0.2, 0) is 11.2 Å². The summed E-state index contributed by atoms with van der Waals surface area (Å²) < 4.78 is 0. The van der Waals surface area contributed by atoms with Crippen LogP contribution in [0.5, 0.6) is 0 Å². The number of carboxylic acids is 1. The summed E-state index contributed by atoms with van der Waals surface area (Å²) in [6.07, 6.45) is 1.55.